The van der Waals surface area contributed by atoms with Gasteiger partial charge in [0.1, 0.15) is 0 Å². The summed E-state index contributed by atoms with van der Waals surface area (Å²) in [6.07, 6.45) is 0. The van der Waals surface area contributed by atoms with Crippen LogP contribution in [0.3, 0.4) is 0 Å². The molecule has 0 atom stereocenters. The van der Waals surface area contributed by atoms with Gasteiger partial charge in [-0.1, -0.05) is 20.8 Å². The van der Waals surface area contributed by atoms with Crippen molar-refractivity contribution in [1.82, 2.24) is 0 Å². The van der Waals surface area contributed by atoms with Crippen molar-refractivity contribution in [3.8, 4) is 0 Å². The molecule has 0 N–H and O–H groups in total. The van der Waals surface area contributed by atoms with E-state index < -0.39 is 9.28 Å². The first kappa shape index (κ1) is 15.1. The predicted octanol–water partition coefficient (Wildman–Crippen LogP) is 1.33. The number of ether oxygens (including phenoxy) is 2. The highest BCUT2D eigenvalue weighted by molar-refractivity contribution is 6.48. The van der Waals surface area contributed by atoms with Crippen LogP contribution < -0.4 is 0 Å². The second kappa shape index (κ2) is 8.24. The second-order valence-corrected chi connectivity index (χ2v) is 7.49. The smallest absolute Gasteiger partial charge is 0.327 e. The molecule has 0 fully saturated rings. The number of rotatable bonds is 8. The van der Waals surface area contributed by atoms with Gasteiger partial charge in [-0.05, 0) is 0 Å². The fourth-order valence-corrected chi connectivity index (χ4v) is 2.74. The van der Waals surface area contributed by atoms with Gasteiger partial charge in [0.05, 0.1) is 26.4 Å². The van der Waals surface area contributed by atoms with Crippen molar-refractivity contribution in [3.63, 3.8) is 0 Å². The fourth-order valence-electron chi connectivity index (χ4n) is 1.03. The summed E-state index contributed by atoms with van der Waals surface area (Å²) in [6.45, 7) is 8.88. The molecule has 0 aromatic carbocycles. The Morgan fingerprint density at radius 3 is 1.47 bits per heavy atom. The average Bonchev–Trinajstić information content (AvgIpc) is 2.14. The summed E-state index contributed by atoms with van der Waals surface area (Å²) < 4.78 is 21.4. The molecule has 0 bridgehead atoms. The van der Waals surface area contributed by atoms with Gasteiger partial charge in [0.2, 0.25) is 0 Å². The van der Waals surface area contributed by atoms with Crippen LogP contribution in [0.4, 0.5) is 0 Å². The van der Waals surface area contributed by atoms with Gasteiger partial charge in [0.15, 0.2) is 0 Å². The van der Waals surface area contributed by atoms with Crippen molar-refractivity contribution in [3.05, 3.63) is 0 Å². The topological polar surface area (TPSA) is 36.9 Å². The van der Waals surface area contributed by atoms with Gasteiger partial charge in [0.25, 0.3) is 0 Å². The average molecular weight is 236 g/mol. The zero-order valence-corrected chi connectivity index (χ0v) is 11.7. The SMILES string of the molecule is COCCO[SiH](OCCOC)C(C)(C)C. The molecule has 0 aliphatic carbocycles. The van der Waals surface area contributed by atoms with Crippen molar-refractivity contribution in [2.45, 2.75) is 25.8 Å². The van der Waals surface area contributed by atoms with Gasteiger partial charge in [-0.3, -0.25) is 0 Å². The molecular formula is C10H24O4Si. The summed E-state index contributed by atoms with van der Waals surface area (Å²) in [5.74, 6) is 0. The van der Waals surface area contributed by atoms with Crippen molar-refractivity contribution in [1.29, 1.82) is 0 Å². The van der Waals surface area contributed by atoms with Crippen molar-refractivity contribution in [2.75, 3.05) is 40.6 Å². The Morgan fingerprint density at radius 2 is 1.20 bits per heavy atom. The van der Waals surface area contributed by atoms with E-state index in [9.17, 15) is 0 Å². The summed E-state index contributed by atoms with van der Waals surface area (Å²) in [5, 5.41) is 0.0987. The van der Waals surface area contributed by atoms with Gasteiger partial charge >= 0.3 is 9.28 Å². The van der Waals surface area contributed by atoms with E-state index in [-0.39, 0.29) is 5.04 Å². The monoisotopic (exact) mass is 236 g/mol. The Labute approximate surface area is 94.7 Å². The van der Waals surface area contributed by atoms with Crippen molar-refractivity contribution in [2.24, 2.45) is 0 Å². The molecule has 0 radical (unpaired) electrons. The summed E-state index contributed by atoms with van der Waals surface area (Å²) in [4.78, 5) is 0. The second-order valence-electron chi connectivity index (χ2n) is 4.43. The molecule has 0 aliphatic heterocycles. The Bertz CT molecular complexity index is 137. The van der Waals surface area contributed by atoms with E-state index in [0.29, 0.717) is 26.4 Å². The first-order valence-corrected chi connectivity index (χ1v) is 6.75. The molecule has 0 heterocycles. The van der Waals surface area contributed by atoms with Gasteiger partial charge in [-0.15, -0.1) is 0 Å². The predicted molar refractivity (Wildman–Crippen MR) is 62.5 cm³/mol. The van der Waals surface area contributed by atoms with E-state index in [0.717, 1.165) is 0 Å². The molecule has 0 rings (SSSR count). The highest BCUT2D eigenvalue weighted by atomic mass is 28.3. The van der Waals surface area contributed by atoms with E-state index in [4.69, 9.17) is 18.3 Å². The third kappa shape index (κ3) is 7.93. The van der Waals surface area contributed by atoms with Gasteiger partial charge in [-0.2, -0.15) is 0 Å². The molecule has 0 spiro atoms. The van der Waals surface area contributed by atoms with Crippen LogP contribution in [0.2, 0.25) is 5.04 Å². The molecule has 0 aromatic heterocycles. The molecule has 5 heteroatoms. The third-order valence-corrected chi connectivity index (χ3v) is 4.31. The van der Waals surface area contributed by atoms with Gasteiger partial charge in [-0.25, -0.2) is 0 Å². The molecule has 0 aliphatic rings. The minimum Gasteiger partial charge on any atom is -0.394 e. The lowest BCUT2D eigenvalue weighted by Gasteiger charge is -2.28. The maximum Gasteiger partial charge on any atom is 0.327 e. The minimum atomic E-state index is -1.65. The Kier molecular flexibility index (Phi) is 8.27. The summed E-state index contributed by atoms with van der Waals surface area (Å²) in [5.41, 5.74) is 0. The fraction of sp³-hybridized carbons (Fsp3) is 1.00. The quantitative estimate of drug-likeness (QED) is 0.471. The zero-order chi connectivity index (χ0) is 11.7. The van der Waals surface area contributed by atoms with Crippen LogP contribution in [0.5, 0.6) is 0 Å². The highest BCUT2D eigenvalue weighted by Crippen LogP contribution is 2.27. The van der Waals surface area contributed by atoms with Crippen LogP contribution >= 0.6 is 0 Å². The zero-order valence-electron chi connectivity index (χ0n) is 10.5. The lowest BCUT2D eigenvalue weighted by atomic mass is 10.3. The lowest BCUT2D eigenvalue weighted by Crippen LogP contribution is -2.35. The first-order chi connectivity index (χ1) is 7.02. The molecule has 0 unspecified atom stereocenters. The van der Waals surface area contributed by atoms with Crippen molar-refractivity contribution < 1.29 is 18.3 Å². The summed E-state index contributed by atoms with van der Waals surface area (Å²) >= 11 is 0. The van der Waals surface area contributed by atoms with E-state index in [1.807, 2.05) is 0 Å². The molecule has 0 aromatic rings. The third-order valence-electron chi connectivity index (χ3n) is 1.82. The van der Waals surface area contributed by atoms with Crippen LogP contribution in [-0.4, -0.2) is 49.9 Å². The number of hydrogen-bond acceptors (Lipinski definition) is 4. The maximum absolute atomic E-state index is 5.73. The Balaban J connectivity index is 3.85. The molecule has 15 heavy (non-hydrogen) atoms. The summed E-state index contributed by atoms with van der Waals surface area (Å²) in [7, 11) is 1.69. The van der Waals surface area contributed by atoms with Crippen LogP contribution in [0.15, 0.2) is 0 Å². The van der Waals surface area contributed by atoms with Crippen molar-refractivity contribution >= 4 is 9.28 Å². The normalized spacial score (nSPS) is 12.4. The van der Waals surface area contributed by atoms with E-state index in [1.165, 1.54) is 0 Å². The highest BCUT2D eigenvalue weighted by Gasteiger charge is 2.29. The van der Waals surface area contributed by atoms with Crippen LogP contribution in [0.25, 0.3) is 0 Å². The molecule has 0 saturated carbocycles. The molecule has 0 amide bonds. The number of hydrogen-bond donors (Lipinski definition) is 0. The lowest BCUT2D eigenvalue weighted by molar-refractivity contribution is 0.0922. The Hall–Kier alpha value is 0.0569. The van der Waals surface area contributed by atoms with E-state index >= 15 is 0 Å². The van der Waals surface area contributed by atoms with Gasteiger partial charge < -0.3 is 18.3 Å². The van der Waals surface area contributed by atoms with Crippen LogP contribution in [0, 0.1) is 0 Å². The van der Waals surface area contributed by atoms with E-state index in [1.54, 1.807) is 14.2 Å². The maximum atomic E-state index is 5.73. The molecule has 92 valence electrons. The summed E-state index contributed by atoms with van der Waals surface area (Å²) in [6, 6.07) is 0. The first-order valence-electron chi connectivity index (χ1n) is 5.23. The standard InChI is InChI=1S/C10H24O4Si/c1-10(2,3)15(13-8-6-11-4)14-9-7-12-5/h15H,6-9H2,1-5H3. The largest absolute Gasteiger partial charge is 0.394 e. The van der Waals surface area contributed by atoms with Crippen LogP contribution in [0.1, 0.15) is 20.8 Å². The number of methoxy groups -OCH3 is 2. The van der Waals surface area contributed by atoms with Crippen LogP contribution in [-0.2, 0) is 18.3 Å². The minimum absolute atomic E-state index is 0.0987. The van der Waals surface area contributed by atoms with E-state index in [2.05, 4.69) is 20.8 Å². The molecular weight excluding hydrogens is 212 g/mol. The molecule has 0 saturated heterocycles. The Morgan fingerprint density at radius 1 is 0.800 bits per heavy atom. The molecule has 4 nitrogen and oxygen atoms in total. The van der Waals surface area contributed by atoms with Gasteiger partial charge in [0, 0.05) is 19.3 Å².